The lowest BCUT2D eigenvalue weighted by Crippen LogP contribution is -1.91. The van der Waals surface area contributed by atoms with E-state index in [-0.39, 0.29) is 5.69 Å². The summed E-state index contributed by atoms with van der Waals surface area (Å²) in [7, 11) is 0. The Balaban J connectivity index is 2.62. The highest BCUT2D eigenvalue weighted by Gasteiger charge is 2.03. The molecule has 0 aliphatic heterocycles. The van der Waals surface area contributed by atoms with Crippen LogP contribution in [0.3, 0.4) is 0 Å². The maximum Gasteiger partial charge on any atom is 0.328 e. The minimum Gasteiger partial charge on any atom is -0.478 e. The number of carboxylic acid groups (broad SMARTS) is 1. The summed E-state index contributed by atoms with van der Waals surface area (Å²) in [4.78, 5) is 14.6. The molecule has 0 radical (unpaired) electrons. The Morgan fingerprint density at radius 3 is 2.88 bits per heavy atom. The van der Waals surface area contributed by atoms with Crippen molar-refractivity contribution in [2.45, 2.75) is 0 Å². The van der Waals surface area contributed by atoms with Gasteiger partial charge < -0.3 is 5.11 Å². The number of nitriles is 1. The summed E-state index contributed by atoms with van der Waals surface area (Å²) in [5.74, 6) is -1.05. The van der Waals surface area contributed by atoms with Gasteiger partial charge >= 0.3 is 5.97 Å². The molecule has 82 valence electrons. The number of aromatic nitrogens is 1. The molecule has 0 atom stereocenters. The minimum absolute atomic E-state index is 0.223. The van der Waals surface area contributed by atoms with Crippen molar-refractivity contribution in [3.05, 3.63) is 47.7 Å². The molecule has 0 spiro atoms. The van der Waals surface area contributed by atoms with E-state index >= 15 is 0 Å². The molecule has 0 saturated carbocycles. The maximum atomic E-state index is 10.4. The SMILES string of the molecule is N#Cc1nc2ccccc2cc1/C=C/C(=O)O. The Kier molecular flexibility index (Phi) is 2.84. The first kappa shape index (κ1) is 10.8. The van der Waals surface area contributed by atoms with E-state index in [0.29, 0.717) is 5.56 Å². The number of aliphatic carboxylic acids is 1. The molecule has 0 amide bonds. The molecule has 17 heavy (non-hydrogen) atoms. The van der Waals surface area contributed by atoms with Gasteiger partial charge in [-0.1, -0.05) is 18.2 Å². The van der Waals surface area contributed by atoms with Crippen LogP contribution < -0.4 is 0 Å². The Morgan fingerprint density at radius 2 is 2.18 bits per heavy atom. The zero-order valence-electron chi connectivity index (χ0n) is 8.79. The van der Waals surface area contributed by atoms with Crippen LogP contribution in [0.2, 0.25) is 0 Å². The number of para-hydroxylation sites is 1. The zero-order valence-corrected chi connectivity index (χ0v) is 8.79. The number of carbonyl (C=O) groups is 1. The molecule has 4 heteroatoms. The summed E-state index contributed by atoms with van der Waals surface area (Å²) in [6.45, 7) is 0. The van der Waals surface area contributed by atoms with Crippen LogP contribution >= 0.6 is 0 Å². The molecular weight excluding hydrogens is 216 g/mol. The molecule has 0 aliphatic rings. The van der Waals surface area contributed by atoms with E-state index in [0.717, 1.165) is 17.0 Å². The number of rotatable bonds is 2. The van der Waals surface area contributed by atoms with Gasteiger partial charge in [-0.25, -0.2) is 9.78 Å². The predicted molar refractivity (Wildman–Crippen MR) is 63.1 cm³/mol. The largest absolute Gasteiger partial charge is 0.478 e. The van der Waals surface area contributed by atoms with Crippen molar-refractivity contribution in [3.63, 3.8) is 0 Å². The van der Waals surface area contributed by atoms with E-state index in [1.165, 1.54) is 6.08 Å². The Labute approximate surface area is 97.5 Å². The fourth-order valence-corrected chi connectivity index (χ4v) is 1.51. The molecule has 4 nitrogen and oxygen atoms in total. The van der Waals surface area contributed by atoms with Crippen LogP contribution in [0.15, 0.2) is 36.4 Å². The molecule has 1 aromatic heterocycles. The van der Waals surface area contributed by atoms with Gasteiger partial charge in [0.15, 0.2) is 0 Å². The van der Waals surface area contributed by atoms with Crippen molar-refractivity contribution in [1.29, 1.82) is 5.26 Å². The second-order valence-corrected chi connectivity index (χ2v) is 3.40. The number of benzene rings is 1. The number of pyridine rings is 1. The van der Waals surface area contributed by atoms with Crippen molar-refractivity contribution in [3.8, 4) is 6.07 Å². The molecule has 0 aliphatic carbocycles. The molecule has 0 fully saturated rings. The topological polar surface area (TPSA) is 74.0 Å². The van der Waals surface area contributed by atoms with Gasteiger partial charge in [0.1, 0.15) is 11.8 Å². The van der Waals surface area contributed by atoms with E-state index in [9.17, 15) is 4.79 Å². The molecule has 0 saturated heterocycles. The monoisotopic (exact) mass is 224 g/mol. The fraction of sp³-hybridized carbons (Fsp3) is 0. The zero-order chi connectivity index (χ0) is 12.3. The molecule has 2 rings (SSSR count). The van der Waals surface area contributed by atoms with Crippen molar-refractivity contribution < 1.29 is 9.90 Å². The standard InChI is InChI=1S/C13H8N2O2/c14-8-12-10(5-6-13(16)17)7-9-3-1-2-4-11(9)15-12/h1-7H,(H,16,17)/b6-5+. The Bertz CT molecular complexity index is 654. The first-order valence-corrected chi connectivity index (χ1v) is 4.91. The van der Waals surface area contributed by atoms with Crippen LogP contribution in [-0.4, -0.2) is 16.1 Å². The van der Waals surface area contributed by atoms with Crippen molar-refractivity contribution in [2.75, 3.05) is 0 Å². The van der Waals surface area contributed by atoms with Crippen LogP contribution in [0.1, 0.15) is 11.3 Å². The van der Waals surface area contributed by atoms with E-state index in [1.54, 1.807) is 12.1 Å². The molecule has 2 aromatic rings. The molecular formula is C13H8N2O2. The van der Waals surface area contributed by atoms with Gasteiger partial charge in [-0.2, -0.15) is 5.26 Å². The molecule has 0 unspecified atom stereocenters. The molecule has 1 heterocycles. The summed E-state index contributed by atoms with van der Waals surface area (Å²) in [5, 5.41) is 18.4. The second-order valence-electron chi connectivity index (χ2n) is 3.40. The number of hydrogen-bond donors (Lipinski definition) is 1. The predicted octanol–water partition coefficient (Wildman–Crippen LogP) is 2.20. The van der Waals surface area contributed by atoms with E-state index < -0.39 is 5.97 Å². The summed E-state index contributed by atoms with van der Waals surface area (Å²) < 4.78 is 0. The lowest BCUT2D eigenvalue weighted by Gasteiger charge is -2.01. The minimum atomic E-state index is -1.05. The average molecular weight is 224 g/mol. The van der Waals surface area contributed by atoms with Gasteiger partial charge in [0, 0.05) is 17.0 Å². The third-order valence-corrected chi connectivity index (χ3v) is 2.26. The van der Waals surface area contributed by atoms with Crippen LogP contribution in [0.5, 0.6) is 0 Å². The molecule has 1 aromatic carbocycles. The van der Waals surface area contributed by atoms with Gasteiger partial charge in [0.25, 0.3) is 0 Å². The number of fused-ring (bicyclic) bond motifs is 1. The van der Waals surface area contributed by atoms with Crippen molar-refractivity contribution >= 4 is 22.9 Å². The molecule has 1 N–H and O–H groups in total. The normalized spacial score (nSPS) is 10.5. The number of hydrogen-bond acceptors (Lipinski definition) is 3. The third kappa shape index (κ3) is 2.29. The quantitative estimate of drug-likeness (QED) is 0.793. The highest BCUT2D eigenvalue weighted by atomic mass is 16.4. The van der Waals surface area contributed by atoms with Crippen LogP contribution in [0, 0.1) is 11.3 Å². The average Bonchev–Trinajstić information content (AvgIpc) is 2.35. The first-order chi connectivity index (χ1) is 8.20. The van der Waals surface area contributed by atoms with Crippen LogP contribution in [0.4, 0.5) is 0 Å². The van der Waals surface area contributed by atoms with Gasteiger partial charge in [0.05, 0.1) is 5.52 Å². The smallest absolute Gasteiger partial charge is 0.328 e. The lowest BCUT2D eigenvalue weighted by molar-refractivity contribution is -0.131. The third-order valence-electron chi connectivity index (χ3n) is 2.26. The maximum absolute atomic E-state index is 10.4. The molecule has 0 bridgehead atoms. The Morgan fingerprint density at radius 1 is 1.41 bits per heavy atom. The van der Waals surface area contributed by atoms with Crippen LogP contribution in [0.25, 0.3) is 17.0 Å². The number of carboxylic acids is 1. The fourth-order valence-electron chi connectivity index (χ4n) is 1.51. The van der Waals surface area contributed by atoms with Crippen molar-refractivity contribution in [2.24, 2.45) is 0 Å². The van der Waals surface area contributed by atoms with E-state index in [4.69, 9.17) is 10.4 Å². The lowest BCUT2D eigenvalue weighted by atomic mass is 10.1. The summed E-state index contributed by atoms with van der Waals surface area (Å²) in [5.41, 5.74) is 1.45. The van der Waals surface area contributed by atoms with E-state index in [1.807, 2.05) is 24.3 Å². The van der Waals surface area contributed by atoms with Crippen LogP contribution in [-0.2, 0) is 4.79 Å². The van der Waals surface area contributed by atoms with Gasteiger partial charge in [-0.15, -0.1) is 0 Å². The van der Waals surface area contributed by atoms with Gasteiger partial charge in [-0.3, -0.25) is 0 Å². The summed E-state index contributed by atoms with van der Waals surface area (Å²) >= 11 is 0. The van der Waals surface area contributed by atoms with E-state index in [2.05, 4.69) is 4.98 Å². The summed E-state index contributed by atoms with van der Waals surface area (Å²) in [6.07, 6.45) is 2.37. The second kappa shape index (κ2) is 4.45. The highest BCUT2D eigenvalue weighted by Crippen LogP contribution is 2.17. The Hall–Kier alpha value is -2.67. The first-order valence-electron chi connectivity index (χ1n) is 4.91. The van der Waals surface area contributed by atoms with Gasteiger partial charge in [-0.05, 0) is 18.2 Å². The van der Waals surface area contributed by atoms with Crippen molar-refractivity contribution in [1.82, 2.24) is 4.98 Å². The highest BCUT2D eigenvalue weighted by molar-refractivity contribution is 5.88. The number of nitrogens with zero attached hydrogens (tertiary/aromatic N) is 2. The van der Waals surface area contributed by atoms with Gasteiger partial charge in [0.2, 0.25) is 0 Å². The summed E-state index contributed by atoms with van der Waals surface area (Å²) in [6, 6.07) is 11.1.